The highest BCUT2D eigenvalue weighted by molar-refractivity contribution is 6.05. The molecule has 9 heteroatoms. The molecule has 29 heavy (non-hydrogen) atoms. The highest BCUT2D eigenvalue weighted by Crippen LogP contribution is 2.28. The van der Waals surface area contributed by atoms with E-state index in [1.165, 1.54) is 4.68 Å². The molecular formula is C20H27N5O4. The summed E-state index contributed by atoms with van der Waals surface area (Å²) >= 11 is 0. The van der Waals surface area contributed by atoms with Gasteiger partial charge in [-0.25, -0.2) is 4.79 Å². The number of benzene rings is 1. The van der Waals surface area contributed by atoms with Crippen molar-refractivity contribution < 1.29 is 19.1 Å². The molecule has 1 aliphatic carbocycles. The Bertz CT molecular complexity index is 956. The number of nitrogens with zero attached hydrogens (tertiary/aromatic N) is 3. The second kappa shape index (κ2) is 7.73. The summed E-state index contributed by atoms with van der Waals surface area (Å²) in [6.07, 6.45) is 1.43. The van der Waals surface area contributed by atoms with Gasteiger partial charge in [0.15, 0.2) is 5.69 Å². The highest BCUT2D eigenvalue weighted by Gasteiger charge is 2.31. The van der Waals surface area contributed by atoms with Crippen molar-refractivity contribution in [3.63, 3.8) is 0 Å². The third-order valence-corrected chi connectivity index (χ3v) is 4.56. The van der Waals surface area contributed by atoms with Gasteiger partial charge in [0, 0.05) is 23.7 Å². The second-order valence-corrected chi connectivity index (χ2v) is 8.14. The molecule has 156 valence electrons. The van der Waals surface area contributed by atoms with Crippen molar-refractivity contribution in [1.29, 1.82) is 0 Å². The van der Waals surface area contributed by atoms with Crippen LogP contribution in [0, 0.1) is 0 Å². The predicted molar refractivity (Wildman–Crippen MR) is 109 cm³/mol. The largest absolute Gasteiger partial charge is 0.444 e. The Morgan fingerprint density at radius 3 is 2.55 bits per heavy atom. The molecule has 3 rings (SSSR count). The van der Waals surface area contributed by atoms with Gasteiger partial charge < -0.3 is 15.4 Å². The van der Waals surface area contributed by atoms with Gasteiger partial charge in [-0.05, 0) is 58.7 Å². The van der Waals surface area contributed by atoms with Crippen molar-refractivity contribution in [2.24, 2.45) is 5.73 Å². The summed E-state index contributed by atoms with van der Waals surface area (Å²) < 4.78 is 6.73. The molecule has 0 bridgehead atoms. The molecule has 1 aromatic heterocycles. The predicted octanol–water partition coefficient (Wildman–Crippen LogP) is 2.49. The average molecular weight is 401 g/mol. The first-order valence-electron chi connectivity index (χ1n) is 9.69. The summed E-state index contributed by atoms with van der Waals surface area (Å²) in [5.74, 6) is -0.753. The maximum absolute atomic E-state index is 12.7. The summed E-state index contributed by atoms with van der Waals surface area (Å²) in [5, 5.41) is 7.35. The zero-order valence-corrected chi connectivity index (χ0v) is 17.2. The Hall–Kier alpha value is -3.10. The van der Waals surface area contributed by atoms with Gasteiger partial charge in [-0.15, -0.1) is 0 Å². The van der Waals surface area contributed by atoms with Crippen LogP contribution in [0.2, 0.25) is 0 Å². The Kier molecular flexibility index (Phi) is 5.50. The average Bonchev–Trinajstić information content (AvgIpc) is 3.36. The maximum atomic E-state index is 12.7. The van der Waals surface area contributed by atoms with E-state index in [1.807, 2.05) is 11.8 Å². The Morgan fingerprint density at radius 1 is 1.31 bits per heavy atom. The molecule has 3 N–H and O–H groups in total. The number of hydrogen-bond acceptors (Lipinski definition) is 5. The van der Waals surface area contributed by atoms with Crippen molar-refractivity contribution in [3.05, 3.63) is 23.9 Å². The molecule has 0 aliphatic heterocycles. The molecule has 1 saturated carbocycles. The van der Waals surface area contributed by atoms with Gasteiger partial charge >= 0.3 is 6.09 Å². The van der Waals surface area contributed by atoms with E-state index in [4.69, 9.17) is 10.5 Å². The fourth-order valence-corrected chi connectivity index (χ4v) is 3.22. The topological polar surface area (TPSA) is 120 Å². The first kappa shape index (κ1) is 20.6. The number of carbonyl (C=O) groups excluding carboxylic acids is 3. The van der Waals surface area contributed by atoms with Crippen LogP contribution < -0.4 is 11.1 Å². The van der Waals surface area contributed by atoms with E-state index in [0.717, 1.165) is 12.8 Å². The Morgan fingerprint density at radius 2 is 2.00 bits per heavy atom. The number of ether oxygens (including phenoxy) is 1. The summed E-state index contributed by atoms with van der Waals surface area (Å²) in [6.45, 7) is 7.90. The normalized spacial score (nSPS) is 13.9. The van der Waals surface area contributed by atoms with E-state index in [-0.39, 0.29) is 18.1 Å². The monoisotopic (exact) mass is 401 g/mol. The number of anilines is 1. The second-order valence-electron chi connectivity index (χ2n) is 8.14. The summed E-state index contributed by atoms with van der Waals surface area (Å²) in [6, 6.07) is 5.26. The van der Waals surface area contributed by atoms with E-state index >= 15 is 0 Å². The number of fused-ring (bicyclic) bond motifs is 1. The number of carbonyl (C=O) groups is 3. The first-order valence-corrected chi connectivity index (χ1v) is 9.69. The fraction of sp³-hybridized carbons (Fsp3) is 0.500. The fourth-order valence-electron chi connectivity index (χ4n) is 3.22. The Labute approximate surface area is 169 Å². The van der Waals surface area contributed by atoms with Gasteiger partial charge in [-0.3, -0.25) is 19.6 Å². The van der Waals surface area contributed by atoms with E-state index in [2.05, 4.69) is 10.4 Å². The van der Waals surface area contributed by atoms with Gasteiger partial charge in [-0.1, -0.05) is 0 Å². The maximum Gasteiger partial charge on any atom is 0.412 e. The zero-order valence-electron chi connectivity index (χ0n) is 17.2. The number of amides is 3. The summed E-state index contributed by atoms with van der Waals surface area (Å²) in [5.41, 5.74) is 5.93. The molecular weight excluding hydrogens is 374 g/mol. The number of primary amides is 1. The molecule has 1 aromatic carbocycles. The van der Waals surface area contributed by atoms with Gasteiger partial charge in [-0.2, -0.15) is 5.10 Å². The molecule has 1 aliphatic rings. The van der Waals surface area contributed by atoms with Crippen LogP contribution in [-0.2, 0) is 16.1 Å². The van der Waals surface area contributed by atoms with Gasteiger partial charge in [0.25, 0.3) is 5.91 Å². The lowest BCUT2D eigenvalue weighted by molar-refractivity contribution is -0.132. The van der Waals surface area contributed by atoms with E-state index < -0.39 is 17.6 Å². The van der Waals surface area contributed by atoms with Crippen molar-refractivity contribution in [3.8, 4) is 0 Å². The minimum Gasteiger partial charge on any atom is -0.444 e. The van der Waals surface area contributed by atoms with E-state index in [9.17, 15) is 14.4 Å². The van der Waals surface area contributed by atoms with Crippen LogP contribution in [0.25, 0.3) is 10.9 Å². The lowest BCUT2D eigenvalue weighted by Gasteiger charge is -2.20. The number of nitrogens with one attached hydrogen (secondary N) is 1. The van der Waals surface area contributed by atoms with Crippen LogP contribution in [0.15, 0.2) is 18.2 Å². The van der Waals surface area contributed by atoms with Crippen LogP contribution in [-0.4, -0.2) is 50.8 Å². The highest BCUT2D eigenvalue weighted by atomic mass is 16.6. The lowest BCUT2D eigenvalue weighted by atomic mass is 10.2. The molecule has 0 unspecified atom stereocenters. The van der Waals surface area contributed by atoms with E-state index in [1.54, 1.807) is 39.0 Å². The van der Waals surface area contributed by atoms with Gasteiger partial charge in [0.1, 0.15) is 12.1 Å². The van der Waals surface area contributed by atoms with Crippen LogP contribution in [0.1, 0.15) is 51.0 Å². The van der Waals surface area contributed by atoms with Crippen LogP contribution in [0.3, 0.4) is 0 Å². The zero-order chi connectivity index (χ0) is 21.3. The molecule has 2 aromatic rings. The van der Waals surface area contributed by atoms with Crippen LogP contribution in [0.4, 0.5) is 10.5 Å². The number of likely N-dealkylation sites (N-methyl/N-ethyl adjacent to an activating group) is 1. The molecule has 3 amide bonds. The number of nitrogens with two attached hydrogens (primary N) is 1. The minimum atomic E-state index is -0.704. The van der Waals surface area contributed by atoms with E-state index in [0.29, 0.717) is 29.2 Å². The minimum absolute atomic E-state index is 0.0208. The third-order valence-electron chi connectivity index (χ3n) is 4.56. The molecule has 0 saturated heterocycles. The van der Waals surface area contributed by atoms with Crippen molar-refractivity contribution >= 4 is 34.5 Å². The SMILES string of the molecule is CCN(C(=O)Cn1nc(C(N)=O)c2cc(NC(=O)OC(C)(C)C)ccc21)C1CC1. The number of hydrogen-bond donors (Lipinski definition) is 2. The Balaban J connectivity index is 1.88. The molecule has 0 spiro atoms. The third kappa shape index (κ3) is 4.85. The molecule has 9 nitrogen and oxygen atoms in total. The van der Waals surface area contributed by atoms with Crippen LogP contribution >= 0.6 is 0 Å². The lowest BCUT2D eigenvalue weighted by Crippen LogP contribution is -2.35. The molecule has 1 heterocycles. The standard InChI is InChI=1S/C20H27N5O4/c1-5-24(13-7-8-13)16(26)11-25-15-9-6-12(22-19(28)29-20(2,3)4)10-14(15)17(23-25)18(21)27/h6,9-10,13H,5,7-8,11H2,1-4H3,(H2,21,27)(H,22,28). The van der Waals surface area contributed by atoms with Crippen molar-refractivity contribution in [2.75, 3.05) is 11.9 Å². The summed E-state index contributed by atoms with van der Waals surface area (Å²) in [4.78, 5) is 38.4. The quantitative estimate of drug-likeness (QED) is 0.771. The van der Waals surface area contributed by atoms with Crippen molar-refractivity contribution in [2.45, 2.75) is 58.7 Å². The molecule has 0 atom stereocenters. The number of rotatable bonds is 6. The summed E-state index contributed by atoms with van der Waals surface area (Å²) in [7, 11) is 0. The molecule has 0 radical (unpaired) electrons. The van der Waals surface area contributed by atoms with Crippen LogP contribution in [0.5, 0.6) is 0 Å². The van der Waals surface area contributed by atoms with Gasteiger partial charge in [0.05, 0.1) is 5.52 Å². The van der Waals surface area contributed by atoms with Crippen molar-refractivity contribution in [1.82, 2.24) is 14.7 Å². The van der Waals surface area contributed by atoms with Gasteiger partial charge in [0.2, 0.25) is 5.91 Å². The smallest absolute Gasteiger partial charge is 0.412 e. The first-order chi connectivity index (χ1) is 13.6. The number of aromatic nitrogens is 2. The molecule has 1 fully saturated rings.